The summed E-state index contributed by atoms with van der Waals surface area (Å²) < 4.78 is 25.0. The minimum Gasteiger partial charge on any atom is -0.362 e. The van der Waals surface area contributed by atoms with Crippen molar-refractivity contribution in [1.82, 2.24) is 4.98 Å². The Labute approximate surface area is 92.2 Å². The summed E-state index contributed by atoms with van der Waals surface area (Å²) in [6.07, 6.45) is -3.11. The summed E-state index contributed by atoms with van der Waals surface area (Å²) in [5.74, 6) is -1.56. The Kier molecular flexibility index (Phi) is 3.33. The number of hydrogen-bond donors (Lipinski definition) is 1. The molecule has 0 saturated carbocycles. The molecule has 0 atom stereocenters. The van der Waals surface area contributed by atoms with E-state index in [1.165, 1.54) is 0 Å². The van der Waals surface area contributed by atoms with Crippen LogP contribution in [-0.4, -0.2) is 15.1 Å². The van der Waals surface area contributed by atoms with Crippen molar-refractivity contribution >= 4 is 28.5 Å². The van der Waals surface area contributed by atoms with Crippen molar-refractivity contribution in [1.29, 1.82) is 0 Å². The predicted molar refractivity (Wildman–Crippen MR) is 50.4 cm³/mol. The maximum absolute atomic E-state index is 12.5. The van der Waals surface area contributed by atoms with Crippen molar-refractivity contribution in [3.05, 3.63) is 27.3 Å². The van der Waals surface area contributed by atoms with Gasteiger partial charge in [-0.2, -0.15) is 0 Å². The van der Waals surface area contributed by atoms with Gasteiger partial charge in [0, 0.05) is 11.6 Å². The van der Waals surface area contributed by atoms with Crippen LogP contribution in [0.1, 0.15) is 22.3 Å². The maximum Gasteiger partial charge on any atom is 0.366 e. The molecule has 9 heteroatoms. The van der Waals surface area contributed by atoms with Crippen LogP contribution in [0.3, 0.4) is 0 Å². The van der Waals surface area contributed by atoms with Gasteiger partial charge in [-0.15, -0.1) is 0 Å². The van der Waals surface area contributed by atoms with Gasteiger partial charge in [0.25, 0.3) is 17.5 Å². The molecule has 16 heavy (non-hydrogen) atoms. The molecule has 6 nitrogen and oxygen atoms in total. The Morgan fingerprint density at radius 2 is 2.19 bits per heavy atom. The van der Waals surface area contributed by atoms with Crippen molar-refractivity contribution in [3.63, 3.8) is 0 Å². The van der Waals surface area contributed by atoms with E-state index in [9.17, 15) is 23.7 Å². The number of nitrogen functional groups attached to an aromatic ring is 1. The highest BCUT2D eigenvalue weighted by Gasteiger charge is 2.27. The monoisotopic (exact) mass is 251 g/mol. The van der Waals surface area contributed by atoms with Crippen molar-refractivity contribution in [2.45, 2.75) is 6.43 Å². The van der Waals surface area contributed by atoms with Crippen LogP contribution < -0.4 is 5.73 Å². The van der Waals surface area contributed by atoms with Gasteiger partial charge in [0.15, 0.2) is 0 Å². The lowest BCUT2D eigenvalue weighted by Gasteiger charge is -2.04. The zero-order chi connectivity index (χ0) is 12.5. The van der Waals surface area contributed by atoms with E-state index in [1.807, 2.05) is 0 Å². The van der Waals surface area contributed by atoms with E-state index in [1.54, 1.807) is 0 Å². The number of alkyl halides is 2. The van der Waals surface area contributed by atoms with Crippen molar-refractivity contribution in [2.24, 2.45) is 0 Å². The third-order valence-corrected chi connectivity index (χ3v) is 1.87. The molecule has 1 aromatic heterocycles. The molecule has 1 aromatic rings. The normalized spacial score (nSPS) is 10.5. The number of hydrogen-bond acceptors (Lipinski definition) is 5. The van der Waals surface area contributed by atoms with E-state index < -0.39 is 39.4 Å². The summed E-state index contributed by atoms with van der Waals surface area (Å²) in [5.41, 5.74) is 3.53. The van der Waals surface area contributed by atoms with Crippen LogP contribution in [0.25, 0.3) is 0 Å². The third-order valence-electron chi connectivity index (χ3n) is 1.68. The molecule has 0 bridgehead atoms. The topological polar surface area (TPSA) is 99.1 Å². The average molecular weight is 252 g/mol. The van der Waals surface area contributed by atoms with E-state index in [2.05, 4.69) is 4.98 Å². The molecule has 1 heterocycles. The molecular weight excluding hydrogens is 248 g/mol. The number of aromatic nitrogens is 1. The lowest BCUT2D eigenvalue weighted by Crippen LogP contribution is -2.08. The molecule has 0 aliphatic carbocycles. The summed E-state index contributed by atoms with van der Waals surface area (Å²) in [4.78, 5) is 23.3. The highest BCUT2D eigenvalue weighted by atomic mass is 35.5. The van der Waals surface area contributed by atoms with Gasteiger partial charge in [-0.3, -0.25) is 4.79 Å². The van der Waals surface area contributed by atoms with Gasteiger partial charge in [-0.1, -0.05) is 0 Å². The fourth-order valence-corrected chi connectivity index (χ4v) is 1.26. The predicted octanol–water partition coefficient (Wildman–Crippen LogP) is 1.89. The van der Waals surface area contributed by atoms with Gasteiger partial charge < -0.3 is 15.8 Å². The molecule has 2 N–H and O–H groups in total. The standard InChI is InChI=1S/C7H4ClF2N3O3/c8-5(14)4-2(6(9)10)1-3(13(15)16)12-7(4)11/h1,6H,(H2,11,12). The lowest BCUT2D eigenvalue weighted by molar-refractivity contribution is -0.389. The van der Waals surface area contributed by atoms with Crippen LogP contribution in [0.15, 0.2) is 6.07 Å². The number of nitrogens with two attached hydrogens (primary N) is 1. The zero-order valence-corrected chi connectivity index (χ0v) is 8.24. The summed E-state index contributed by atoms with van der Waals surface area (Å²) in [7, 11) is 0. The van der Waals surface area contributed by atoms with Gasteiger partial charge in [0.1, 0.15) is 5.56 Å². The maximum atomic E-state index is 12.5. The van der Waals surface area contributed by atoms with Gasteiger partial charge >= 0.3 is 5.82 Å². The third kappa shape index (κ3) is 2.22. The Hall–Kier alpha value is -1.83. The van der Waals surface area contributed by atoms with Crippen molar-refractivity contribution < 1.29 is 18.5 Å². The molecule has 86 valence electrons. The zero-order valence-electron chi connectivity index (χ0n) is 7.49. The summed E-state index contributed by atoms with van der Waals surface area (Å²) >= 11 is 5.03. The molecule has 0 fully saturated rings. The van der Waals surface area contributed by atoms with Gasteiger partial charge in [-0.05, 0) is 21.5 Å². The Balaban J connectivity index is 3.51. The largest absolute Gasteiger partial charge is 0.366 e. The van der Waals surface area contributed by atoms with E-state index in [0.717, 1.165) is 0 Å². The summed E-state index contributed by atoms with van der Waals surface area (Å²) in [6, 6.07) is 0.469. The summed E-state index contributed by atoms with van der Waals surface area (Å²) in [6.45, 7) is 0. The van der Waals surface area contributed by atoms with Gasteiger partial charge in [0.2, 0.25) is 0 Å². The second-order valence-corrected chi connectivity index (χ2v) is 3.00. The van der Waals surface area contributed by atoms with Crippen LogP contribution in [0.2, 0.25) is 0 Å². The van der Waals surface area contributed by atoms with Crippen LogP contribution in [-0.2, 0) is 0 Å². The van der Waals surface area contributed by atoms with E-state index >= 15 is 0 Å². The number of nitro groups is 1. The van der Waals surface area contributed by atoms with E-state index in [-0.39, 0.29) is 0 Å². The molecule has 0 radical (unpaired) electrons. The summed E-state index contributed by atoms with van der Waals surface area (Å²) in [5, 5.41) is 9.09. The molecule has 0 amide bonds. The fraction of sp³-hybridized carbons (Fsp3) is 0.143. The molecule has 1 rings (SSSR count). The molecule has 0 spiro atoms. The highest BCUT2D eigenvalue weighted by Crippen LogP contribution is 2.30. The van der Waals surface area contributed by atoms with E-state index in [4.69, 9.17) is 17.3 Å². The van der Waals surface area contributed by atoms with Crippen LogP contribution >= 0.6 is 11.6 Å². The first-order chi connectivity index (χ1) is 7.34. The van der Waals surface area contributed by atoms with Crippen LogP contribution in [0, 0.1) is 10.1 Å². The van der Waals surface area contributed by atoms with Gasteiger partial charge in [0.05, 0.1) is 0 Å². The fourth-order valence-electron chi connectivity index (χ4n) is 1.05. The molecule has 0 saturated heterocycles. The molecular formula is C7H4ClF2N3O3. The number of anilines is 1. The molecule has 0 aromatic carbocycles. The number of halogens is 3. The Morgan fingerprint density at radius 3 is 2.56 bits per heavy atom. The Bertz CT molecular complexity index is 466. The number of pyridine rings is 1. The van der Waals surface area contributed by atoms with E-state index in [0.29, 0.717) is 6.07 Å². The average Bonchev–Trinajstić information content (AvgIpc) is 2.15. The quantitative estimate of drug-likeness (QED) is 0.502. The van der Waals surface area contributed by atoms with Crippen molar-refractivity contribution in [2.75, 3.05) is 5.73 Å². The minimum absolute atomic E-state index is 0.469. The molecule has 0 aliphatic heterocycles. The van der Waals surface area contributed by atoms with Gasteiger partial charge in [-0.25, -0.2) is 8.78 Å². The second kappa shape index (κ2) is 4.35. The van der Waals surface area contributed by atoms with Crippen LogP contribution in [0.5, 0.6) is 0 Å². The SMILES string of the molecule is Nc1nc([N+](=O)[O-])cc(C(F)F)c1C(=O)Cl. The molecule has 0 unspecified atom stereocenters. The second-order valence-electron chi connectivity index (χ2n) is 2.66. The lowest BCUT2D eigenvalue weighted by atomic mass is 10.1. The minimum atomic E-state index is -3.11. The highest BCUT2D eigenvalue weighted by molar-refractivity contribution is 6.68. The molecule has 0 aliphatic rings. The number of rotatable bonds is 3. The smallest absolute Gasteiger partial charge is 0.362 e. The number of carbonyl (C=O) groups is 1. The number of nitrogens with zero attached hydrogens (tertiary/aromatic N) is 2. The Morgan fingerprint density at radius 1 is 1.62 bits per heavy atom. The first-order valence-electron chi connectivity index (χ1n) is 3.77. The number of carbonyl (C=O) groups excluding carboxylic acids is 1. The van der Waals surface area contributed by atoms with Crippen LogP contribution in [0.4, 0.5) is 20.4 Å². The first kappa shape index (κ1) is 12.2. The van der Waals surface area contributed by atoms with Crippen molar-refractivity contribution in [3.8, 4) is 0 Å². The first-order valence-corrected chi connectivity index (χ1v) is 4.15.